The quantitative estimate of drug-likeness (QED) is 0.776. The zero-order valence-electron chi connectivity index (χ0n) is 11.9. The fourth-order valence-corrected chi connectivity index (χ4v) is 2.69. The van der Waals surface area contributed by atoms with Crippen LogP contribution in [0.25, 0.3) is 0 Å². The number of hydrogen-bond acceptors (Lipinski definition) is 3. The van der Waals surface area contributed by atoms with Crippen LogP contribution in [0.15, 0.2) is 0 Å². The summed E-state index contributed by atoms with van der Waals surface area (Å²) in [6, 6.07) is -0.412. The van der Waals surface area contributed by atoms with E-state index in [4.69, 9.17) is 0 Å². The summed E-state index contributed by atoms with van der Waals surface area (Å²) < 4.78 is 0. The molecular weight excluding hydrogens is 244 g/mol. The number of carbonyl (C=O) groups excluding carboxylic acids is 3. The van der Waals surface area contributed by atoms with Gasteiger partial charge in [0, 0.05) is 5.41 Å². The van der Waals surface area contributed by atoms with Gasteiger partial charge in [0.15, 0.2) is 5.78 Å². The van der Waals surface area contributed by atoms with Crippen LogP contribution in [0.1, 0.15) is 52.9 Å². The normalized spacial score (nSPS) is 22.8. The molecule has 1 saturated carbocycles. The van der Waals surface area contributed by atoms with Crippen molar-refractivity contribution in [1.29, 1.82) is 0 Å². The van der Waals surface area contributed by atoms with Crippen molar-refractivity contribution in [2.75, 3.05) is 6.54 Å². The molecule has 2 aliphatic rings. The second-order valence-electron chi connectivity index (χ2n) is 6.64. The molecule has 1 heterocycles. The van der Waals surface area contributed by atoms with Crippen molar-refractivity contribution in [2.45, 2.75) is 58.4 Å². The van der Waals surface area contributed by atoms with Crippen LogP contribution in [0, 0.1) is 5.41 Å². The van der Waals surface area contributed by atoms with Crippen LogP contribution >= 0.6 is 0 Å². The highest BCUT2D eigenvalue weighted by molar-refractivity contribution is 6.09. The molecule has 0 atom stereocenters. The second kappa shape index (κ2) is 4.62. The zero-order chi connectivity index (χ0) is 14.3. The third-order valence-electron chi connectivity index (χ3n) is 4.09. The molecule has 0 unspecified atom stereocenters. The van der Waals surface area contributed by atoms with Gasteiger partial charge in [0.1, 0.15) is 5.54 Å². The monoisotopic (exact) mass is 266 g/mol. The van der Waals surface area contributed by atoms with Crippen molar-refractivity contribution in [2.24, 2.45) is 5.41 Å². The minimum Gasteiger partial charge on any atom is -0.323 e. The Bertz CT molecular complexity index is 417. The first-order valence-electron chi connectivity index (χ1n) is 6.94. The van der Waals surface area contributed by atoms with E-state index in [0.717, 1.165) is 24.2 Å². The molecule has 5 nitrogen and oxygen atoms in total. The van der Waals surface area contributed by atoms with E-state index in [-0.39, 0.29) is 18.2 Å². The molecule has 19 heavy (non-hydrogen) atoms. The fraction of sp³-hybridized carbons (Fsp3) is 0.786. The highest BCUT2D eigenvalue weighted by atomic mass is 16.2. The van der Waals surface area contributed by atoms with E-state index >= 15 is 0 Å². The van der Waals surface area contributed by atoms with Crippen LogP contribution in [0.4, 0.5) is 4.79 Å². The molecule has 1 saturated heterocycles. The Morgan fingerprint density at radius 1 is 1.21 bits per heavy atom. The van der Waals surface area contributed by atoms with E-state index in [1.54, 1.807) is 20.8 Å². The first-order chi connectivity index (χ1) is 8.76. The second-order valence-corrected chi connectivity index (χ2v) is 6.64. The van der Waals surface area contributed by atoms with Gasteiger partial charge in [-0.25, -0.2) is 4.79 Å². The standard InChI is InChI=1S/C14H22N2O3/c1-13(2,3)10(17)9-16-11(18)14(15-12(16)19)7-5-4-6-8-14/h4-9H2,1-3H3,(H,15,19). The van der Waals surface area contributed by atoms with E-state index in [1.165, 1.54) is 0 Å². The largest absolute Gasteiger partial charge is 0.325 e. The van der Waals surface area contributed by atoms with Crippen LogP contribution in [0.3, 0.4) is 0 Å². The summed E-state index contributed by atoms with van der Waals surface area (Å²) in [5.74, 6) is -0.307. The Labute approximate surface area is 113 Å². The van der Waals surface area contributed by atoms with Crippen molar-refractivity contribution in [3.8, 4) is 0 Å². The Balaban J connectivity index is 2.13. The molecule has 1 spiro atoms. The van der Waals surface area contributed by atoms with Crippen LogP contribution < -0.4 is 5.32 Å². The molecule has 0 aromatic carbocycles. The number of urea groups is 1. The summed E-state index contributed by atoms with van der Waals surface area (Å²) in [6.07, 6.45) is 4.39. The molecule has 5 heteroatoms. The summed E-state index contributed by atoms with van der Waals surface area (Å²) in [5.41, 5.74) is -1.27. The molecule has 3 amide bonds. The molecule has 2 fully saturated rings. The predicted octanol–water partition coefficient (Wildman–Crippen LogP) is 1.86. The number of carbonyl (C=O) groups is 3. The van der Waals surface area contributed by atoms with Crippen LogP contribution in [-0.2, 0) is 9.59 Å². The lowest BCUT2D eigenvalue weighted by molar-refractivity contribution is -0.137. The molecule has 2 rings (SSSR count). The molecule has 106 valence electrons. The van der Waals surface area contributed by atoms with Gasteiger partial charge < -0.3 is 5.32 Å². The highest BCUT2D eigenvalue weighted by Gasteiger charge is 2.51. The maximum absolute atomic E-state index is 12.4. The van der Waals surface area contributed by atoms with Crippen molar-refractivity contribution in [1.82, 2.24) is 10.2 Å². The van der Waals surface area contributed by atoms with Gasteiger partial charge in [-0.15, -0.1) is 0 Å². The first kappa shape index (κ1) is 14.0. The average Bonchev–Trinajstić information content (AvgIpc) is 2.54. The lowest BCUT2D eigenvalue weighted by atomic mass is 9.81. The molecule has 1 aliphatic heterocycles. The minimum atomic E-state index is -0.729. The number of nitrogens with one attached hydrogen (secondary N) is 1. The van der Waals surface area contributed by atoms with Gasteiger partial charge in [-0.2, -0.15) is 0 Å². The first-order valence-corrected chi connectivity index (χ1v) is 6.94. The molecule has 1 aliphatic carbocycles. The summed E-state index contributed by atoms with van der Waals surface area (Å²) in [7, 11) is 0. The van der Waals surface area contributed by atoms with Gasteiger partial charge in [-0.1, -0.05) is 40.0 Å². The Morgan fingerprint density at radius 3 is 2.32 bits per heavy atom. The molecule has 0 aromatic rings. The SMILES string of the molecule is CC(C)(C)C(=O)CN1C(=O)NC2(CCCCC2)C1=O. The number of hydrogen-bond donors (Lipinski definition) is 1. The smallest absolute Gasteiger partial charge is 0.323 e. The van der Waals surface area contributed by atoms with Crippen LogP contribution in [-0.4, -0.2) is 34.7 Å². The van der Waals surface area contributed by atoms with Gasteiger partial charge in [-0.05, 0) is 12.8 Å². The third-order valence-corrected chi connectivity index (χ3v) is 4.09. The molecular formula is C14H22N2O3. The Morgan fingerprint density at radius 2 is 1.79 bits per heavy atom. The third kappa shape index (κ3) is 2.51. The zero-order valence-corrected chi connectivity index (χ0v) is 11.9. The summed E-state index contributed by atoms with van der Waals surface area (Å²) in [4.78, 5) is 37.5. The fourth-order valence-electron chi connectivity index (χ4n) is 2.69. The lowest BCUT2D eigenvalue weighted by Crippen LogP contribution is -2.48. The highest BCUT2D eigenvalue weighted by Crippen LogP contribution is 2.33. The van der Waals surface area contributed by atoms with Crippen LogP contribution in [0.5, 0.6) is 0 Å². The summed E-state index contributed by atoms with van der Waals surface area (Å²) >= 11 is 0. The Kier molecular flexibility index (Phi) is 3.41. The number of imide groups is 1. The van der Waals surface area contributed by atoms with E-state index < -0.39 is 17.0 Å². The number of nitrogens with zero attached hydrogens (tertiary/aromatic N) is 1. The topological polar surface area (TPSA) is 66.5 Å². The molecule has 0 aromatic heterocycles. The summed E-state index contributed by atoms with van der Waals surface area (Å²) in [6.45, 7) is 5.27. The number of amides is 3. The van der Waals surface area contributed by atoms with Crippen molar-refractivity contribution in [3.63, 3.8) is 0 Å². The minimum absolute atomic E-state index is 0.0936. The van der Waals surface area contributed by atoms with Gasteiger partial charge in [-0.3, -0.25) is 14.5 Å². The van der Waals surface area contributed by atoms with Crippen molar-refractivity contribution in [3.05, 3.63) is 0 Å². The lowest BCUT2D eigenvalue weighted by Gasteiger charge is -2.30. The molecule has 1 N–H and O–H groups in total. The van der Waals surface area contributed by atoms with Gasteiger partial charge >= 0.3 is 6.03 Å². The predicted molar refractivity (Wildman–Crippen MR) is 70.5 cm³/mol. The van der Waals surface area contributed by atoms with E-state index in [2.05, 4.69) is 5.32 Å². The van der Waals surface area contributed by atoms with E-state index in [9.17, 15) is 14.4 Å². The van der Waals surface area contributed by atoms with E-state index in [0.29, 0.717) is 12.8 Å². The number of Topliss-reactive ketones (excluding diaryl/α,β-unsaturated/α-hetero) is 1. The molecule has 0 bridgehead atoms. The van der Waals surface area contributed by atoms with Crippen molar-refractivity contribution < 1.29 is 14.4 Å². The maximum Gasteiger partial charge on any atom is 0.325 e. The summed E-state index contributed by atoms with van der Waals surface area (Å²) in [5, 5.41) is 2.81. The number of rotatable bonds is 2. The van der Waals surface area contributed by atoms with Gasteiger partial charge in [0.2, 0.25) is 0 Å². The van der Waals surface area contributed by atoms with E-state index in [1.807, 2.05) is 0 Å². The van der Waals surface area contributed by atoms with Crippen LogP contribution in [0.2, 0.25) is 0 Å². The average molecular weight is 266 g/mol. The van der Waals surface area contributed by atoms with Crippen molar-refractivity contribution >= 4 is 17.7 Å². The Hall–Kier alpha value is -1.39. The number of ketones is 1. The maximum atomic E-state index is 12.4. The van der Waals surface area contributed by atoms with Gasteiger partial charge in [0.05, 0.1) is 6.54 Å². The molecule has 0 radical (unpaired) electrons. The van der Waals surface area contributed by atoms with Gasteiger partial charge in [0.25, 0.3) is 5.91 Å².